The molecule has 0 aromatic heterocycles. The fourth-order valence-electron chi connectivity index (χ4n) is 3.80. The summed E-state index contributed by atoms with van der Waals surface area (Å²) in [6.45, 7) is 0.663. The monoisotopic (exact) mass is 369 g/mol. The van der Waals surface area contributed by atoms with Crippen molar-refractivity contribution in [2.24, 2.45) is 5.41 Å². The summed E-state index contributed by atoms with van der Waals surface area (Å²) in [5, 5.41) is 5.10. The van der Waals surface area contributed by atoms with Crippen LogP contribution in [0.4, 0.5) is 10.5 Å². The first-order valence-electron chi connectivity index (χ1n) is 8.23. The van der Waals surface area contributed by atoms with Crippen molar-refractivity contribution in [3.05, 3.63) is 65.2 Å². The van der Waals surface area contributed by atoms with Gasteiger partial charge in [-0.05, 0) is 29.8 Å². The van der Waals surface area contributed by atoms with Crippen LogP contribution in [0.25, 0.3) is 0 Å². The van der Waals surface area contributed by atoms with Crippen LogP contribution in [0.2, 0.25) is 5.02 Å². The van der Waals surface area contributed by atoms with Gasteiger partial charge in [0.05, 0.1) is 0 Å². The minimum atomic E-state index is -1.38. The minimum absolute atomic E-state index is 0.190. The van der Waals surface area contributed by atoms with Crippen LogP contribution in [0.5, 0.6) is 0 Å². The van der Waals surface area contributed by atoms with Gasteiger partial charge < -0.3 is 4.90 Å². The van der Waals surface area contributed by atoms with E-state index in [0.29, 0.717) is 11.6 Å². The highest BCUT2D eigenvalue weighted by Gasteiger charge is 2.60. The molecule has 26 heavy (non-hydrogen) atoms. The van der Waals surface area contributed by atoms with Gasteiger partial charge in [0.15, 0.2) is 5.41 Å². The van der Waals surface area contributed by atoms with Gasteiger partial charge in [0.25, 0.3) is 0 Å². The Morgan fingerprint density at radius 3 is 2.15 bits per heavy atom. The normalized spacial score (nSPS) is 21.7. The van der Waals surface area contributed by atoms with Crippen LogP contribution in [0.15, 0.2) is 54.6 Å². The molecule has 2 fully saturated rings. The van der Waals surface area contributed by atoms with Crippen molar-refractivity contribution in [1.82, 2.24) is 10.6 Å². The van der Waals surface area contributed by atoms with E-state index in [-0.39, 0.29) is 6.54 Å². The van der Waals surface area contributed by atoms with E-state index < -0.39 is 29.2 Å². The van der Waals surface area contributed by atoms with E-state index in [0.717, 1.165) is 11.3 Å². The lowest BCUT2D eigenvalue weighted by Gasteiger charge is -2.34. The van der Waals surface area contributed by atoms with Crippen molar-refractivity contribution >= 4 is 35.1 Å². The van der Waals surface area contributed by atoms with Gasteiger partial charge in [0.1, 0.15) is 0 Å². The second kappa shape index (κ2) is 6.14. The topological polar surface area (TPSA) is 78.5 Å². The summed E-state index contributed by atoms with van der Waals surface area (Å²) >= 11 is 5.98. The van der Waals surface area contributed by atoms with E-state index in [1.165, 1.54) is 0 Å². The van der Waals surface area contributed by atoms with E-state index in [4.69, 9.17) is 11.6 Å². The maximum atomic E-state index is 12.8. The fraction of sp³-hybridized carbons (Fsp3) is 0.211. The molecule has 2 N–H and O–H groups in total. The SMILES string of the molecule is O=C1NC(=O)C2(CN(c3ccccc3)CC2c2ccc(Cl)cc2)C(=O)N1. The van der Waals surface area contributed by atoms with Crippen LogP contribution in [0, 0.1) is 5.41 Å². The number of amides is 4. The second-order valence-corrected chi connectivity index (χ2v) is 6.97. The maximum absolute atomic E-state index is 12.8. The molecule has 4 rings (SSSR count). The van der Waals surface area contributed by atoms with Gasteiger partial charge in [-0.1, -0.05) is 41.9 Å². The lowest BCUT2D eigenvalue weighted by molar-refractivity contribution is -0.143. The number of benzene rings is 2. The number of hydrogen-bond acceptors (Lipinski definition) is 4. The number of urea groups is 1. The zero-order valence-electron chi connectivity index (χ0n) is 13.7. The molecule has 0 aliphatic carbocycles. The number of anilines is 1. The van der Waals surface area contributed by atoms with Crippen molar-refractivity contribution < 1.29 is 14.4 Å². The highest BCUT2D eigenvalue weighted by Crippen LogP contribution is 2.46. The molecule has 1 unspecified atom stereocenters. The third-order valence-corrected chi connectivity index (χ3v) is 5.35. The summed E-state index contributed by atoms with van der Waals surface area (Å²) in [6.07, 6.45) is 0. The lowest BCUT2D eigenvalue weighted by atomic mass is 9.72. The summed E-state index contributed by atoms with van der Waals surface area (Å²) in [5.41, 5.74) is 0.366. The predicted molar refractivity (Wildman–Crippen MR) is 97.0 cm³/mol. The molecule has 2 aromatic rings. The molecule has 4 amide bonds. The molecule has 1 atom stereocenters. The zero-order chi connectivity index (χ0) is 18.3. The number of nitrogens with zero attached hydrogens (tertiary/aromatic N) is 1. The first-order chi connectivity index (χ1) is 12.5. The molecule has 0 saturated carbocycles. The molecule has 2 aliphatic rings. The number of nitrogens with one attached hydrogen (secondary N) is 2. The Bertz CT molecular complexity index is 863. The van der Waals surface area contributed by atoms with Crippen LogP contribution in [0.1, 0.15) is 11.5 Å². The Balaban J connectivity index is 1.80. The average molecular weight is 370 g/mol. The molecule has 7 heteroatoms. The first-order valence-corrected chi connectivity index (χ1v) is 8.61. The Kier molecular flexibility index (Phi) is 3.92. The third-order valence-electron chi connectivity index (χ3n) is 5.10. The Hall–Kier alpha value is -2.86. The summed E-state index contributed by atoms with van der Waals surface area (Å²) in [6, 6.07) is 15.9. The second-order valence-electron chi connectivity index (χ2n) is 6.53. The molecule has 132 valence electrons. The smallest absolute Gasteiger partial charge is 0.328 e. The number of para-hydroxylation sites is 1. The van der Waals surface area contributed by atoms with E-state index in [1.807, 2.05) is 47.4 Å². The minimum Gasteiger partial charge on any atom is -0.369 e. The number of carbonyl (C=O) groups is 3. The summed E-state index contributed by atoms with van der Waals surface area (Å²) in [5.74, 6) is -1.54. The van der Waals surface area contributed by atoms with Crippen LogP contribution in [-0.2, 0) is 9.59 Å². The first kappa shape index (κ1) is 16.6. The molecule has 6 nitrogen and oxygen atoms in total. The molecular weight excluding hydrogens is 354 g/mol. The Morgan fingerprint density at radius 2 is 1.54 bits per heavy atom. The number of hydrogen-bond donors (Lipinski definition) is 2. The van der Waals surface area contributed by atoms with E-state index in [1.54, 1.807) is 12.1 Å². The largest absolute Gasteiger partial charge is 0.369 e. The van der Waals surface area contributed by atoms with Gasteiger partial charge in [0.2, 0.25) is 11.8 Å². The van der Waals surface area contributed by atoms with Gasteiger partial charge in [0, 0.05) is 29.7 Å². The highest BCUT2D eigenvalue weighted by atomic mass is 35.5. The van der Waals surface area contributed by atoms with Crippen LogP contribution >= 0.6 is 11.6 Å². The van der Waals surface area contributed by atoms with Gasteiger partial charge in [-0.15, -0.1) is 0 Å². The van der Waals surface area contributed by atoms with Crippen molar-refractivity contribution in [2.75, 3.05) is 18.0 Å². The Labute approximate surface area is 155 Å². The summed E-state index contributed by atoms with van der Waals surface area (Å²) in [4.78, 5) is 39.2. The van der Waals surface area contributed by atoms with Crippen molar-refractivity contribution in [3.8, 4) is 0 Å². The van der Waals surface area contributed by atoms with Gasteiger partial charge >= 0.3 is 6.03 Å². The lowest BCUT2D eigenvalue weighted by Crippen LogP contribution is -2.64. The predicted octanol–water partition coefficient (Wildman–Crippen LogP) is 2.30. The van der Waals surface area contributed by atoms with E-state index in [2.05, 4.69) is 10.6 Å². The van der Waals surface area contributed by atoms with Crippen molar-refractivity contribution in [1.29, 1.82) is 0 Å². The van der Waals surface area contributed by atoms with Crippen molar-refractivity contribution in [2.45, 2.75) is 5.92 Å². The summed E-state index contributed by atoms with van der Waals surface area (Å²) in [7, 11) is 0. The third kappa shape index (κ3) is 2.54. The molecule has 2 heterocycles. The zero-order valence-corrected chi connectivity index (χ0v) is 14.5. The molecule has 0 radical (unpaired) electrons. The summed E-state index contributed by atoms with van der Waals surface area (Å²) < 4.78 is 0. The number of imide groups is 2. The quantitative estimate of drug-likeness (QED) is 0.796. The van der Waals surface area contributed by atoms with Crippen LogP contribution in [0.3, 0.4) is 0 Å². The molecule has 0 bridgehead atoms. The Morgan fingerprint density at radius 1 is 0.923 bits per heavy atom. The number of carbonyl (C=O) groups excluding carboxylic acids is 3. The van der Waals surface area contributed by atoms with Crippen LogP contribution < -0.4 is 15.5 Å². The maximum Gasteiger partial charge on any atom is 0.328 e. The standard InChI is InChI=1S/C19H16ClN3O3/c20-13-8-6-12(7-9-13)15-10-23(14-4-2-1-3-5-14)11-19(15)16(24)21-18(26)22-17(19)25/h1-9,15H,10-11H2,(H2,21,22,24,25,26). The molecule has 2 aromatic carbocycles. The molecule has 1 spiro atoms. The van der Waals surface area contributed by atoms with Gasteiger partial charge in [-0.2, -0.15) is 0 Å². The van der Waals surface area contributed by atoms with Crippen LogP contribution in [-0.4, -0.2) is 30.9 Å². The average Bonchev–Trinajstić information content (AvgIpc) is 3.03. The number of rotatable bonds is 2. The molecular formula is C19H16ClN3O3. The molecule has 2 saturated heterocycles. The fourth-order valence-corrected chi connectivity index (χ4v) is 3.92. The number of halogens is 1. The van der Waals surface area contributed by atoms with E-state index >= 15 is 0 Å². The van der Waals surface area contributed by atoms with Crippen molar-refractivity contribution in [3.63, 3.8) is 0 Å². The van der Waals surface area contributed by atoms with Gasteiger partial charge in [-0.25, -0.2) is 4.79 Å². The number of barbiturate groups is 1. The van der Waals surface area contributed by atoms with E-state index in [9.17, 15) is 14.4 Å². The van der Waals surface area contributed by atoms with Gasteiger partial charge in [-0.3, -0.25) is 20.2 Å². The highest BCUT2D eigenvalue weighted by molar-refractivity contribution is 6.30. The molecule has 2 aliphatic heterocycles.